The minimum Gasteiger partial charge on any atom is -0.497 e. The molecule has 0 fully saturated rings. The number of ether oxygens (including phenoxy) is 2. The van der Waals surface area contributed by atoms with Crippen LogP contribution in [0.4, 0.5) is 0 Å². The molecule has 0 saturated carbocycles. The van der Waals surface area contributed by atoms with Crippen LogP contribution in [0.25, 0.3) is 6.08 Å². The summed E-state index contributed by atoms with van der Waals surface area (Å²) in [4.78, 5) is 17.6. The number of carbonyl (C=O) groups excluding carboxylic acids is 1. The van der Waals surface area contributed by atoms with Gasteiger partial charge in [-0.3, -0.25) is 9.48 Å². The molecule has 8 heteroatoms. The van der Waals surface area contributed by atoms with E-state index < -0.39 is 6.04 Å². The largest absolute Gasteiger partial charge is 0.497 e. The third kappa shape index (κ3) is 5.91. The van der Waals surface area contributed by atoms with Crippen molar-refractivity contribution in [3.63, 3.8) is 0 Å². The van der Waals surface area contributed by atoms with Crippen LogP contribution in [0.3, 0.4) is 0 Å². The molecule has 192 valence electrons. The second-order valence-corrected chi connectivity index (χ2v) is 9.05. The molecule has 0 aliphatic rings. The number of benzene rings is 2. The molecule has 0 bridgehead atoms. The van der Waals surface area contributed by atoms with E-state index in [0.29, 0.717) is 23.9 Å². The van der Waals surface area contributed by atoms with Crippen molar-refractivity contribution in [1.29, 1.82) is 0 Å². The molecule has 4 aromatic rings. The van der Waals surface area contributed by atoms with Crippen LogP contribution >= 0.6 is 0 Å². The molecule has 1 N–H and O–H groups in total. The molecular weight excluding hydrogens is 466 g/mol. The van der Waals surface area contributed by atoms with E-state index in [1.54, 1.807) is 32.6 Å². The Bertz CT molecular complexity index is 1390. The van der Waals surface area contributed by atoms with Gasteiger partial charge in [0.1, 0.15) is 23.4 Å². The second kappa shape index (κ2) is 11.2. The van der Waals surface area contributed by atoms with Crippen molar-refractivity contribution in [2.45, 2.75) is 33.4 Å². The Labute approximate surface area is 217 Å². The summed E-state index contributed by atoms with van der Waals surface area (Å²) in [5.74, 6) is 1.70. The fourth-order valence-electron chi connectivity index (χ4n) is 4.27. The van der Waals surface area contributed by atoms with Crippen LogP contribution in [0, 0.1) is 20.8 Å². The number of amides is 1. The predicted octanol–water partition coefficient (Wildman–Crippen LogP) is 4.53. The van der Waals surface area contributed by atoms with E-state index in [1.165, 1.54) is 11.1 Å². The summed E-state index contributed by atoms with van der Waals surface area (Å²) in [5, 5.41) is 7.79. The zero-order chi connectivity index (χ0) is 26.5. The van der Waals surface area contributed by atoms with E-state index in [0.717, 1.165) is 22.5 Å². The third-order valence-corrected chi connectivity index (χ3v) is 6.40. The van der Waals surface area contributed by atoms with Gasteiger partial charge < -0.3 is 19.4 Å². The summed E-state index contributed by atoms with van der Waals surface area (Å²) >= 11 is 0. The van der Waals surface area contributed by atoms with Gasteiger partial charge in [-0.2, -0.15) is 5.10 Å². The van der Waals surface area contributed by atoms with Crippen molar-refractivity contribution < 1.29 is 14.3 Å². The summed E-state index contributed by atoms with van der Waals surface area (Å²) in [6.45, 7) is 6.72. The van der Waals surface area contributed by atoms with Crippen LogP contribution in [-0.2, 0) is 18.4 Å². The second-order valence-electron chi connectivity index (χ2n) is 9.05. The maximum Gasteiger partial charge on any atom is 0.244 e. The number of carbonyl (C=O) groups is 1. The number of nitrogens with zero attached hydrogens (tertiary/aromatic N) is 4. The maximum atomic E-state index is 13.1. The summed E-state index contributed by atoms with van der Waals surface area (Å²) in [5.41, 5.74) is 6.00. The fourth-order valence-corrected chi connectivity index (χ4v) is 4.27. The minimum absolute atomic E-state index is 0.250. The van der Waals surface area contributed by atoms with E-state index in [1.807, 2.05) is 54.5 Å². The molecule has 2 heterocycles. The normalized spacial score (nSPS) is 12.1. The van der Waals surface area contributed by atoms with Crippen LogP contribution in [0.15, 0.2) is 60.9 Å². The van der Waals surface area contributed by atoms with E-state index in [9.17, 15) is 4.79 Å². The maximum absolute atomic E-state index is 13.1. The quantitative estimate of drug-likeness (QED) is 0.342. The number of aryl methyl sites for hydroxylation is 3. The summed E-state index contributed by atoms with van der Waals surface area (Å²) < 4.78 is 14.7. The summed E-state index contributed by atoms with van der Waals surface area (Å²) in [6.07, 6.45) is 6.91. The molecule has 37 heavy (non-hydrogen) atoms. The topological polar surface area (TPSA) is 83.2 Å². The molecule has 4 rings (SSSR count). The Kier molecular flexibility index (Phi) is 7.77. The fraction of sp³-hybridized carbons (Fsp3) is 0.276. The molecule has 1 amide bonds. The third-order valence-electron chi connectivity index (χ3n) is 6.40. The summed E-state index contributed by atoms with van der Waals surface area (Å²) in [7, 11) is 5.09. The molecule has 8 nitrogen and oxygen atoms in total. The van der Waals surface area contributed by atoms with Gasteiger partial charge in [-0.15, -0.1) is 0 Å². The standard InChI is InChI=1S/C29H33N5O3/c1-19-7-9-22(10-8-19)18-34-21(3)26(20(2)32-34)11-12-27(35)31-28(29-30-13-14-33(29)4)23-15-24(36-5)17-25(16-23)37-6/h7-17,28H,18H2,1-6H3,(H,31,35)/b12-11+. The number of nitrogens with one attached hydrogen (secondary N) is 1. The number of aromatic nitrogens is 4. The first-order valence-corrected chi connectivity index (χ1v) is 12.1. The van der Waals surface area contributed by atoms with Crippen LogP contribution in [-0.4, -0.2) is 39.5 Å². The van der Waals surface area contributed by atoms with Crippen molar-refractivity contribution in [1.82, 2.24) is 24.6 Å². The Balaban J connectivity index is 1.58. The van der Waals surface area contributed by atoms with Crippen LogP contribution in [0.1, 0.15) is 45.5 Å². The molecule has 0 aliphatic heterocycles. The van der Waals surface area contributed by atoms with Crippen molar-refractivity contribution in [2.75, 3.05) is 14.2 Å². The number of rotatable bonds is 9. The van der Waals surface area contributed by atoms with Gasteiger partial charge in [0.2, 0.25) is 5.91 Å². The van der Waals surface area contributed by atoms with Crippen LogP contribution in [0.2, 0.25) is 0 Å². The Morgan fingerprint density at radius 3 is 2.32 bits per heavy atom. The Morgan fingerprint density at radius 2 is 1.73 bits per heavy atom. The number of imidazole rings is 1. The highest BCUT2D eigenvalue weighted by Crippen LogP contribution is 2.29. The zero-order valence-electron chi connectivity index (χ0n) is 22.1. The van der Waals surface area contributed by atoms with Gasteiger partial charge in [-0.25, -0.2) is 4.98 Å². The molecule has 2 aromatic heterocycles. The lowest BCUT2D eigenvalue weighted by Crippen LogP contribution is -2.29. The van der Waals surface area contributed by atoms with Crippen LogP contribution in [0.5, 0.6) is 11.5 Å². The van der Waals surface area contributed by atoms with E-state index in [-0.39, 0.29) is 5.91 Å². The minimum atomic E-state index is -0.507. The Hall–Kier alpha value is -4.33. The average Bonchev–Trinajstić information content (AvgIpc) is 3.43. The zero-order valence-corrected chi connectivity index (χ0v) is 22.1. The molecule has 0 spiro atoms. The summed E-state index contributed by atoms with van der Waals surface area (Å²) in [6, 6.07) is 13.4. The number of methoxy groups -OCH3 is 2. The van der Waals surface area contributed by atoms with E-state index in [4.69, 9.17) is 14.6 Å². The first-order valence-electron chi connectivity index (χ1n) is 12.1. The van der Waals surface area contributed by atoms with Gasteiger partial charge >= 0.3 is 0 Å². The smallest absolute Gasteiger partial charge is 0.244 e. The van der Waals surface area contributed by atoms with Gasteiger partial charge in [0.25, 0.3) is 0 Å². The van der Waals surface area contributed by atoms with Gasteiger partial charge in [-0.05, 0) is 50.1 Å². The number of hydrogen-bond donors (Lipinski definition) is 1. The predicted molar refractivity (Wildman–Crippen MR) is 144 cm³/mol. The molecular formula is C29H33N5O3. The van der Waals surface area contributed by atoms with Crippen molar-refractivity contribution in [2.24, 2.45) is 7.05 Å². The van der Waals surface area contributed by atoms with Gasteiger partial charge in [0, 0.05) is 42.8 Å². The van der Waals surface area contributed by atoms with Crippen molar-refractivity contribution in [3.8, 4) is 11.5 Å². The number of hydrogen-bond acceptors (Lipinski definition) is 5. The van der Waals surface area contributed by atoms with Gasteiger partial charge in [0.05, 0.1) is 26.5 Å². The molecule has 0 radical (unpaired) electrons. The van der Waals surface area contributed by atoms with Crippen molar-refractivity contribution in [3.05, 3.63) is 100 Å². The molecule has 0 saturated heterocycles. The van der Waals surface area contributed by atoms with E-state index >= 15 is 0 Å². The van der Waals surface area contributed by atoms with Gasteiger partial charge in [-0.1, -0.05) is 29.8 Å². The SMILES string of the molecule is COc1cc(OC)cc(C(NC(=O)/C=C/c2c(C)nn(Cc3ccc(C)cc3)c2C)c2nccn2C)c1. The first kappa shape index (κ1) is 25.8. The highest BCUT2D eigenvalue weighted by atomic mass is 16.5. The average molecular weight is 500 g/mol. The molecule has 1 unspecified atom stereocenters. The van der Waals surface area contributed by atoms with Crippen LogP contribution < -0.4 is 14.8 Å². The highest BCUT2D eigenvalue weighted by molar-refractivity contribution is 5.92. The Morgan fingerprint density at radius 1 is 1.05 bits per heavy atom. The lowest BCUT2D eigenvalue weighted by molar-refractivity contribution is -0.117. The molecule has 1 atom stereocenters. The molecule has 0 aliphatic carbocycles. The first-order chi connectivity index (χ1) is 17.8. The monoisotopic (exact) mass is 499 g/mol. The highest BCUT2D eigenvalue weighted by Gasteiger charge is 2.22. The van der Waals surface area contributed by atoms with E-state index in [2.05, 4.69) is 41.5 Å². The van der Waals surface area contributed by atoms with Gasteiger partial charge in [0.15, 0.2) is 0 Å². The molecule has 2 aromatic carbocycles. The lowest BCUT2D eigenvalue weighted by atomic mass is 10.0. The van der Waals surface area contributed by atoms with Crippen molar-refractivity contribution >= 4 is 12.0 Å². The lowest BCUT2D eigenvalue weighted by Gasteiger charge is -2.20.